The Bertz CT molecular complexity index is 1260. The second-order valence-electron chi connectivity index (χ2n) is 6.77. The third kappa shape index (κ3) is 3.58. The lowest BCUT2D eigenvalue weighted by Crippen LogP contribution is -2.50. The Balaban J connectivity index is 1.54. The number of thioether (sulfide) groups is 1. The van der Waals surface area contributed by atoms with Gasteiger partial charge in [0.2, 0.25) is 0 Å². The molecule has 3 aromatic rings. The maximum atomic E-state index is 13.1. The molecule has 8 heteroatoms. The van der Waals surface area contributed by atoms with Crippen LogP contribution in [0.25, 0.3) is 5.70 Å². The van der Waals surface area contributed by atoms with Crippen LogP contribution in [0, 0.1) is 0 Å². The van der Waals surface area contributed by atoms with E-state index < -0.39 is 6.17 Å². The van der Waals surface area contributed by atoms with Crippen LogP contribution in [0.2, 0.25) is 5.02 Å². The highest BCUT2D eigenvalue weighted by atomic mass is 35.5. The zero-order chi connectivity index (χ0) is 20.5. The van der Waals surface area contributed by atoms with Gasteiger partial charge in [-0.25, -0.2) is 5.01 Å². The van der Waals surface area contributed by atoms with Crippen molar-refractivity contribution in [2.24, 2.45) is 10.1 Å². The fourth-order valence-electron chi connectivity index (χ4n) is 3.38. The van der Waals surface area contributed by atoms with Crippen LogP contribution >= 0.6 is 23.4 Å². The Morgan fingerprint density at radius 2 is 1.80 bits per heavy atom. The third-order valence-corrected chi connectivity index (χ3v) is 6.00. The summed E-state index contributed by atoms with van der Waals surface area (Å²) in [4.78, 5) is 22.0. The minimum atomic E-state index is -0.435. The SMILES string of the molecule is O=C1NC(SCc2ccc(Cl)cc2)=NN2C1=c1ccccc1=N[C@@H]2c1ccncc1. The number of rotatable bonds is 3. The molecule has 148 valence electrons. The number of halogens is 1. The molecule has 5 rings (SSSR count). The number of fused-ring (bicyclic) bond motifs is 2. The normalized spacial score (nSPS) is 17.4. The van der Waals surface area contributed by atoms with Crippen molar-refractivity contribution in [3.63, 3.8) is 0 Å². The van der Waals surface area contributed by atoms with Gasteiger partial charge in [-0.05, 0) is 35.9 Å². The molecule has 2 aliphatic rings. The number of carbonyl (C=O) groups excluding carboxylic acids is 1. The van der Waals surface area contributed by atoms with Crippen LogP contribution in [0.3, 0.4) is 0 Å². The largest absolute Gasteiger partial charge is 0.298 e. The number of nitrogens with zero attached hydrogens (tertiary/aromatic N) is 4. The average Bonchev–Trinajstić information content (AvgIpc) is 2.78. The summed E-state index contributed by atoms with van der Waals surface area (Å²) in [6, 6.07) is 19.0. The number of aromatic nitrogens is 1. The van der Waals surface area contributed by atoms with Crippen LogP contribution in [0.4, 0.5) is 0 Å². The van der Waals surface area contributed by atoms with E-state index in [9.17, 15) is 4.79 Å². The maximum Gasteiger partial charge on any atom is 0.276 e. The van der Waals surface area contributed by atoms with Crippen LogP contribution in [0.1, 0.15) is 17.3 Å². The van der Waals surface area contributed by atoms with E-state index in [4.69, 9.17) is 21.7 Å². The van der Waals surface area contributed by atoms with Crippen LogP contribution < -0.4 is 15.9 Å². The first-order chi connectivity index (χ1) is 14.7. The van der Waals surface area contributed by atoms with E-state index in [2.05, 4.69) is 10.3 Å². The summed E-state index contributed by atoms with van der Waals surface area (Å²) in [5.74, 6) is 0.470. The topological polar surface area (TPSA) is 70.0 Å². The van der Waals surface area contributed by atoms with Crippen LogP contribution in [-0.2, 0) is 10.5 Å². The summed E-state index contributed by atoms with van der Waals surface area (Å²) in [6.45, 7) is 0. The van der Waals surface area contributed by atoms with E-state index in [0.29, 0.717) is 21.6 Å². The van der Waals surface area contributed by atoms with Gasteiger partial charge in [0, 0.05) is 34.0 Å². The van der Waals surface area contributed by atoms with E-state index in [1.54, 1.807) is 17.4 Å². The molecule has 3 heterocycles. The van der Waals surface area contributed by atoms with Gasteiger partial charge < -0.3 is 0 Å². The zero-order valence-electron chi connectivity index (χ0n) is 15.7. The standard InChI is InChI=1S/C22H16ClN5OS/c23-16-7-5-14(6-8-16)13-30-22-26-21(29)19-17-3-1-2-4-18(17)25-20(28(19)27-22)15-9-11-24-12-10-15/h1-12,20H,13H2,(H,26,27,29)/t20-/m0/s1. The molecule has 2 aromatic carbocycles. The first-order valence-electron chi connectivity index (χ1n) is 9.32. The van der Waals surface area contributed by atoms with Crippen LogP contribution in [0.5, 0.6) is 0 Å². The predicted molar refractivity (Wildman–Crippen MR) is 118 cm³/mol. The molecule has 6 nitrogen and oxygen atoms in total. The highest BCUT2D eigenvalue weighted by molar-refractivity contribution is 8.13. The summed E-state index contributed by atoms with van der Waals surface area (Å²) in [6.07, 6.45) is 3.00. The van der Waals surface area contributed by atoms with Crippen LogP contribution in [0.15, 0.2) is 83.2 Å². The lowest BCUT2D eigenvalue weighted by atomic mass is 10.1. The second-order valence-corrected chi connectivity index (χ2v) is 8.17. The van der Waals surface area contributed by atoms with Gasteiger partial charge in [0.05, 0.1) is 5.36 Å². The maximum absolute atomic E-state index is 13.1. The fraction of sp³-hybridized carbons (Fsp3) is 0.0909. The van der Waals surface area contributed by atoms with E-state index >= 15 is 0 Å². The van der Waals surface area contributed by atoms with Crippen molar-refractivity contribution in [2.45, 2.75) is 11.9 Å². The number of amidine groups is 1. The molecule has 30 heavy (non-hydrogen) atoms. The number of benzene rings is 2. The lowest BCUT2D eigenvalue weighted by molar-refractivity contribution is -0.116. The minimum absolute atomic E-state index is 0.190. The van der Waals surface area contributed by atoms with Crippen molar-refractivity contribution in [3.8, 4) is 0 Å². The Morgan fingerprint density at radius 1 is 1.03 bits per heavy atom. The minimum Gasteiger partial charge on any atom is -0.298 e. The fourth-order valence-corrected chi connectivity index (χ4v) is 4.31. The smallest absolute Gasteiger partial charge is 0.276 e. The Kier molecular flexibility index (Phi) is 4.98. The van der Waals surface area contributed by atoms with Crippen LogP contribution in [-0.4, -0.2) is 21.1 Å². The number of nitrogens with one attached hydrogen (secondary N) is 1. The number of amides is 1. The highest BCUT2D eigenvalue weighted by Crippen LogP contribution is 2.30. The third-order valence-electron chi connectivity index (χ3n) is 4.81. The Labute approximate surface area is 182 Å². The van der Waals surface area contributed by atoms with Crippen molar-refractivity contribution in [1.82, 2.24) is 15.3 Å². The van der Waals surface area contributed by atoms with Gasteiger partial charge in [0.1, 0.15) is 5.70 Å². The van der Waals surface area contributed by atoms with Gasteiger partial charge >= 0.3 is 0 Å². The number of para-hydroxylation sites is 1. The summed E-state index contributed by atoms with van der Waals surface area (Å²) >= 11 is 7.42. The number of hydrogen-bond donors (Lipinski definition) is 1. The monoisotopic (exact) mass is 433 g/mol. The molecular weight excluding hydrogens is 418 g/mol. The molecule has 0 fully saturated rings. The molecule has 2 aliphatic heterocycles. The van der Waals surface area contributed by atoms with E-state index in [1.807, 2.05) is 60.7 Å². The number of pyridine rings is 1. The summed E-state index contributed by atoms with van der Waals surface area (Å²) in [7, 11) is 0. The Hall–Kier alpha value is -3.16. The molecule has 1 amide bonds. The molecule has 0 aliphatic carbocycles. The lowest BCUT2D eigenvalue weighted by Gasteiger charge is -2.34. The molecule has 0 spiro atoms. The van der Waals surface area contributed by atoms with E-state index in [0.717, 1.165) is 21.7 Å². The number of carbonyl (C=O) groups is 1. The highest BCUT2D eigenvalue weighted by Gasteiger charge is 2.34. The quantitative estimate of drug-likeness (QED) is 0.689. The van der Waals surface area contributed by atoms with Crippen molar-refractivity contribution in [3.05, 3.63) is 99.8 Å². The summed E-state index contributed by atoms with van der Waals surface area (Å²) in [5, 5.41) is 12.2. The van der Waals surface area contributed by atoms with E-state index in [-0.39, 0.29) is 5.91 Å². The van der Waals surface area contributed by atoms with E-state index in [1.165, 1.54) is 11.8 Å². The molecule has 1 N–H and O–H groups in total. The summed E-state index contributed by atoms with van der Waals surface area (Å²) < 4.78 is 0. The molecule has 0 radical (unpaired) electrons. The first kappa shape index (κ1) is 18.8. The first-order valence-corrected chi connectivity index (χ1v) is 10.7. The van der Waals surface area contributed by atoms with Gasteiger partial charge in [0.15, 0.2) is 11.3 Å². The predicted octanol–water partition coefficient (Wildman–Crippen LogP) is 2.81. The summed E-state index contributed by atoms with van der Waals surface area (Å²) in [5.41, 5.74) is 2.51. The zero-order valence-corrected chi connectivity index (χ0v) is 17.3. The number of hydrogen-bond acceptors (Lipinski definition) is 6. The van der Waals surface area contributed by atoms with Gasteiger partial charge in [-0.3, -0.25) is 20.1 Å². The molecule has 0 bridgehead atoms. The molecule has 0 unspecified atom stereocenters. The molecule has 0 saturated heterocycles. The molecule has 1 atom stereocenters. The van der Waals surface area contributed by atoms with Crippen molar-refractivity contribution in [1.29, 1.82) is 0 Å². The van der Waals surface area contributed by atoms with Crippen molar-refractivity contribution in [2.75, 3.05) is 0 Å². The average molecular weight is 434 g/mol. The molecule has 0 saturated carbocycles. The second kappa shape index (κ2) is 7.93. The van der Waals surface area contributed by atoms with Gasteiger partial charge in [-0.1, -0.05) is 53.7 Å². The molecule has 1 aromatic heterocycles. The molecular formula is C22H16ClN5OS. The van der Waals surface area contributed by atoms with Crippen molar-refractivity contribution < 1.29 is 4.79 Å². The Morgan fingerprint density at radius 3 is 2.60 bits per heavy atom. The van der Waals surface area contributed by atoms with Gasteiger partial charge in [0.25, 0.3) is 5.91 Å². The van der Waals surface area contributed by atoms with Gasteiger partial charge in [-0.2, -0.15) is 0 Å². The van der Waals surface area contributed by atoms with Gasteiger partial charge in [-0.15, -0.1) is 5.10 Å². The number of hydrazone groups is 1. The van der Waals surface area contributed by atoms with Crippen molar-refractivity contribution >= 4 is 40.1 Å².